The summed E-state index contributed by atoms with van der Waals surface area (Å²) in [6.45, 7) is 9.17. The van der Waals surface area contributed by atoms with Crippen molar-refractivity contribution in [1.29, 1.82) is 0 Å². The molecule has 1 saturated carbocycles. The SMILES string of the molecule is CC1CN(C(=O)C(NC(=O)C2CCCCC2)C(C)C)CC(C)O1. The average Bonchev–Trinajstić information content (AvgIpc) is 2.51. The molecule has 5 heteroatoms. The molecule has 0 radical (unpaired) electrons. The molecule has 3 atom stereocenters. The number of hydrogen-bond donors (Lipinski definition) is 1. The number of hydrogen-bond acceptors (Lipinski definition) is 3. The van der Waals surface area contributed by atoms with Gasteiger partial charge in [-0.3, -0.25) is 9.59 Å². The van der Waals surface area contributed by atoms with Gasteiger partial charge in [-0.2, -0.15) is 0 Å². The van der Waals surface area contributed by atoms with Gasteiger partial charge in [0.1, 0.15) is 6.04 Å². The van der Waals surface area contributed by atoms with Gasteiger partial charge in [-0.05, 0) is 32.6 Å². The molecule has 3 unspecified atom stereocenters. The molecule has 0 aromatic rings. The molecule has 0 bridgehead atoms. The average molecular weight is 324 g/mol. The molecule has 2 aliphatic rings. The summed E-state index contributed by atoms with van der Waals surface area (Å²) < 4.78 is 5.70. The molecule has 1 aliphatic carbocycles. The largest absolute Gasteiger partial charge is 0.372 e. The first-order chi connectivity index (χ1) is 10.9. The fourth-order valence-electron chi connectivity index (χ4n) is 3.70. The van der Waals surface area contributed by atoms with E-state index in [-0.39, 0.29) is 35.9 Å². The van der Waals surface area contributed by atoms with E-state index >= 15 is 0 Å². The lowest BCUT2D eigenvalue weighted by molar-refractivity contribution is -0.148. The van der Waals surface area contributed by atoms with Crippen LogP contribution >= 0.6 is 0 Å². The Balaban J connectivity index is 1.99. The zero-order chi connectivity index (χ0) is 17.0. The smallest absolute Gasteiger partial charge is 0.245 e. The van der Waals surface area contributed by atoms with Gasteiger partial charge >= 0.3 is 0 Å². The highest BCUT2D eigenvalue weighted by Crippen LogP contribution is 2.24. The maximum absolute atomic E-state index is 12.9. The number of rotatable bonds is 4. The minimum absolute atomic E-state index is 0.0335. The molecule has 23 heavy (non-hydrogen) atoms. The molecule has 132 valence electrons. The third-order valence-corrected chi connectivity index (χ3v) is 4.94. The van der Waals surface area contributed by atoms with E-state index in [9.17, 15) is 9.59 Å². The molecule has 2 fully saturated rings. The molecular weight excluding hydrogens is 292 g/mol. The van der Waals surface area contributed by atoms with E-state index < -0.39 is 6.04 Å². The number of morpholine rings is 1. The van der Waals surface area contributed by atoms with Crippen molar-refractivity contribution in [3.05, 3.63) is 0 Å². The van der Waals surface area contributed by atoms with E-state index in [0.717, 1.165) is 25.7 Å². The van der Waals surface area contributed by atoms with E-state index in [1.54, 1.807) is 0 Å². The van der Waals surface area contributed by atoms with E-state index in [4.69, 9.17) is 4.74 Å². The first kappa shape index (κ1) is 18.2. The van der Waals surface area contributed by atoms with Crippen molar-refractivity contribution >= 4 is 11.8 Å². The lowest BCUT2D eigenvalue weighted by Crippen LogP contribution is -2.57. The van der Waals surface area contributed by atoms with Crippen molar-refractivity contribution in [2.45, 2.75) is 78.0 Å². The Bertz CT molecular complexity index is 408. The van der Waals surface area contributed by atoms with Gasteiger partial charge in [0.15, 0.2) is 0 Å². The molecule has 2 rings (SSSR count). The molecule has 1 saturated heterocycles. The minimum atomic E-state index is -0.429. The van der Waals surface area contributed by atoms with Gasteiger partial charge in [0.05, 0.1) is 12.2 Å². The van der Waals surface area contributed by atoms with Gasteiger partial charge in [0.25, 0.3) is 0 Å². The fraction of sp³-hybridized carbons (Fsp3) is 0.889. The number of ether oxygens (including phenoxy) is 1. The van der Waals surface area contributed by atoms with Gasteiger partial charge in [-0.15, -0.1) is 0 Å². The Hall–Kier alpha value is -1.10. The van der Waals surface area contributed by atoms with Crippen molar-refractivity contribution in [2.24, 2.45) is 11.8 Å². The van der Waals surface area contributed by atoms with Crippen LogP contribution in [0.25, 0.3) is 0 Å². The lowest BCUT2D eigenvalue weighted by Gasteiger charge is -2.38. The molecule has 1 heterocycles. The van der Waals surface area contributed by atoms with Crippen LogP contribution in [0.5, 0.6) is 0 Å². The maximum atomic E-state index is 12.9. The Morgan fingerprint density at radius 3 is 2.13 bits per heavy atom. The molecule has 0 aromatic carbocycles. The van der Waals surface area contributed by atoms with Crippen molar-refractivity contribution < 1.29 is 14.3 Å². The zero-order valence-electron chi connectivity index (χ0n) is 15.0. The van der Waals surface area contributed by atoms with Gasteiger partial charge in [-0.25, -0.2) is 0 Å². The topological polar surface area (TPSA) is 58.6 Å². The molecule has 1 N–H and O–H groups in total. The number of amides is 2. The van der Waals surface area contributed by atoms with Crippen molar-refractivity contribution in [3.63, 3.8) is 0 Å². The van der Waals surface area contributed by atoms with Crippen molar-refractivity contribution in [2.75, 3.05) is 13.1 Å². The van der Waals surface area contributed by atoms with Crippen LogP contribution < -0.4 is 5.32 Å². The summed E-state index contributed by atoms with van der Waals surface area (Å²) in [5, 5.41) is 3.04. The number of carbonyl (C=O) groups is 2. The third kappa shape index (κ3) is 4.93. The third-order valence-electron chi connectivity index (χ3n) is 4.94. The standard InChI is InChI=1S/C18H32N2O3/c1-12(2)16(19-17(21)15-8-6-5-7-9-15)18(22)20-10-13(3)23-14(4)11-20/h12-16H,5-11H2,1-4H3,(H,19,21). The Morgan fingerprint density at radius 1 is 1.04 bits per heavy atom. The fourth-order valence-corrected chi connectivity index (χ4v) is 3.70. The maximum Gasteiger partial charge on any atom is 0.245 e. The van der Waals surface area contributed by atoms with Crippen molar-refractivity contribution in [3.8, 4) is 0 Å². The van der Waals surface area contributed by atoms with Gasteiger partial charge < -0.3 is 15.0 Å². The summed E-state index contributed by atoms with van der Waals surface area (Å²) in [4.78, 5) is 27.3. The highest BCUT2D eigenvalue weighted by atomic mass is 16.5. The lowest BCUT2D eigenvalue weighted by atomic mass is 9.88. The summed E-state index contributed by atoms with van der Waals surface area (Å²) in [6, 6.07) is -0.429. The quantitative estimate of drug-likeness (QED) is 0.863. The predicted molar refractivity (Wildman–Crippen MR) is 89.9 cm³/mol. The number of nitrogens with zero attached hydrogens (tertiary/aromatic N) is 1. The summed E-state index contributed by atoms with van der Waals surface area (Å²) >= 11 is 0. The van der Waals surface area contributed by atoms with E-state index in [2.05, 4.69) is 5.32 Å². The summed E-state index contributed by atoms with van der Waals surface area (Å²) in [6.07, 6.45) is 5.47. The second-order valence-electron chi connectivity index (χ2n) is 7.57. The molecule has 2 amide bonds. The first-order valence-corrected chi connectivity index (χ1v) is 9.13. The van der Waals surface area contributed by atoms with E-state index in [1.165, 1.54) is 6.42 Å². The second kappa shape index (κ2) is 8.13. The molecule has 0 aromatic heterocycles. The van der Waals surface area contributed by atoms with Crippen LogP contribution in [-0.2, 0) is 14.3 Å². The molecule has 1 aliphatic heterocycles. The first-order valence-electron chi connectivity index (χ1n) is 9.13. The summed E-state index contributed by atoms with van der Waals surface area (Å²) in [7, 11) is 0. The molecule has 0 spiro atoms. The number of nitrogens with one attached hydrogen (secondary N) is 1. The highest BCUT2D eigenvalue weighted by Gasteiger charge is 2.34. The normalized spacial score (nSPS) is 27.8. The molecular formula is C18H32N2O3. The van der Waals surface area contributed by atoms with Crippen LogP contribution in [0.15, 0.2) is 0 Å². The Labute approximate surface area is 140 Å². The summed E-state index contributed by atoms with van der Waals surface area (Å²) in [5.74, 6) is 0.265. The minimum Gasteiger partial charge on any atom is -0.372 e. The van der Waals surface area contributed by atoms with E-state index in [1.807, 2.05) is 32.6 Å². The van der Waals surface area contributed by atoms with Crippen molar-refractivity contribution in [1.82, 2.24) is 10.2 Å². The highest BCUT2D eigenvalue weighted by molar-refractivity contribution is 5.88. The van der Waals surface area contributed by atoms with Gasteiger partial charge in [-0.1, -0.05) is 33.1 Å². The van der Waals surface area contributed by atoms with Gasteiger partial charge in [0.2, 0.25) is 11.8 Å². The summed E-state index contributed by atoms with van der Waals surface area (Å²) in [5.41, 5.74) is 0. The van der Waals surface area contributed by atoms with Crippen LogP contribution in [0.2, 0.25) is 0 Å². The monoisotopic (exact) mass is 324 g/mol. The Morgan fingerprint density at radius 2 is 1.61 bits per heavy atom. The zero-order valence-corrected chi connectivity index (χ0v) is 15.0. The van der Waals surface area contributed by atoms with Crippen LogP contribution in [0, 0.1) is 11.8 Å². The van der Waals surface area contributed by atoms with Gasteiger partial charge in [0, 0.05) is 19.0 Å². The predicted octanol–water partition coefficient (Wildman–Crippen LogP) is 2.34. The second-order valence-corrected chi connectivity index (χ2v) is 7.57. The Kier molecular flexibility index (Phi) is 6.45. The van der Waals surface area contributed by atoms with Crippen LogP contribution in [0.3, 0.4) is 0 Å². The van der Waals surface area contributed by atoms with Crippen LogP contribution in [-0.4, -0.2) is 48.1 Å². The number of carbonyl (C=O) groups excluding carboxylic acids is 2. The van der Waals surface area contributed by atoms with Crippen LogP contribution in [0.4, 0.5) is 0 Å². The van der Waals surface area contributed by atoms with E-state index in [0.29, 0.717) is 13.1 Å². The van der Waals surface area contributed by atoms with Crippen LogP contribution in [0.1, 0.15) is 59.8 Å². The molecule has 5 nitrogen and oxygen atoms in total.